The van der Waals surface area contributed by atoms with Gasteiger partial charge in [-0.3, -0.25) is 9.59 Å². The molecule has 0 spiro atoms. The van der Waals surface area contributed by atoms with Crippen molar-refractivity contribution in [2.75, 3.05) is 17.7 Å². The Morgan fingerprint density at radius 3 is 2.85 bits per heavy atom. The molecule has 0 aliphatic carbocycles. The Labute approximate surface area is 165 Å². The average molecular weight is 455 g/mol. The molecule has 1 aromatic heterocycles. The van der Waals surface area contributed by atoms with Crippen LogP contribution in [0, 0.1) is 5.82 Å². The normalized spacial score (nSPS) is 10.7. The number of benzene rings is 2. The summed E-state index contributed by atoms with van der Waals surface area (Å²) in [4.78, 5) is 27.9. The van der Waals surface area contributed by atoms with Crippen LogP contribution in [0.25, 0.3) is 10.2 Å². The van der Waals surface area contributed by atoms with Crippen LogP contribution in [-0.2, 0) is 14.3 Å². The second-order valence-corrected chi connectivity index (χ2v) is 8.24. The highest BCUT2D eigenvalue weighted by Gasteiger charge is 2.12. The second-order valence-electron chi connectivity index (χ2n) is 5.07. The summed E-state index contributed by atoms with van der Waals surface area (Å²) < 4.78 is 20.9. The molecule has 26 heavy (non-hydrogen) atoms. The first-order valence-electron chi connectivity index (χ1n) is 7.40. The highest BCUT2D eigenvalue weighted by molar-refractivity contribution is 9.10. The van der Waals surface area contributed by atoms with Gasteiger partial charge in [-0.05, 0) is 30.3 Å². The van der Waals surface area contributed by atoms with Crippen LogP contribution in [0.1, 0.15) is 0 Å². The van der Waals surface area contributed by atoms with Crippen molar-refractivity contribution in [2.45, 2.75) is 4.34 Å². The molecular weight excluding hydrogens is 443 g/mol. The maximum atomic E-state index is 13.6. The Bertz CT molecular complexity index is 931. The van der Waals surface area contributed by atoms with E-state index in [1.165, 1.54) is 35.2 Å². The molecule has 1 amide bonds. The molecule has 2 aromatic carbocycles. The highest BCUT2D eigenvalue weighted by atomic mass is 79.9. The van der Waals surface area contributed by atoms with Crippen molar-refractivity contribution < 1.29 is 18.7 Å². The molecule has 0 aliphatic heterocycles. The van der Waals surface area contributed by atoms with Gasteiger partial charge in [-0.15, -0.1) is 11.3 Å². The van der Waals surface area contributed by atoms with E-state index in [2.05, 4.69) is 26.2 Å². The van der Waals surface area contributed by atoms with Gasteiger partial charge in [0.2, 0.25) is 0 Å². The van der Waals surface area contributed by atoms with E-state index in [1.54, 1.807) is 6.07 Å². The van der Waals surface area contributed by atoms with Crippen LogP contribution in [0.3, 0.4) is 0 Å². The number of para-hydroxylation sites is 1. The van der Waals surface area contributed by atoms with E-state index in [0.717, 1.165) is 14.6 Å². The minimum atomic E-state index is -0.607. The summed E-state index contributed by atoms with van der Waals surface area (Å²) in [6.45, 7) is -0.477. The molecule has 0 saturated heterocycles. The summed E-state index contributed by atoms with van der Waals surface area (Å²) in [6, 6.07) is 11.9. The molecule has 0 aliphatic rings. The summed E-state index contributed by atoms with van der Waals surface area (Å²) >= 11 is 5.87. The first-order chi connectivity index (χ1) is 12.5. The molecule has 0 fully saturated rings. The Hall–Kier alpha value is -1.97. The van der Waals surface area contributed by atoms with E-state index < -0.39 is 24.3 Å². The summed E-state index contributed by atoms with van der Waals surface area (Å²) in [7, 11) is 0. The van der Waals surface area contributed by atoms with Gasteiger partial charge in [-0.2, -0.15) is 0 Å². The number of anilines is 1. The molecule has 0 unspecified atom stereocenters. The second kappa shape index (κ2) is 8.61. The molecular formula is C17H12BrFN2O3S2. The highest BCUT2D eigenvalue weighted by Crippen LogP contribution is 2.29. The van der Waals surface area contributed by atoms with Crippen LogP contribution in [-0.4, -0.2) is 29.2 Å². The van der Waals surface area contributed by atoms with Gasteiger partial charge < -0.3 is 10.1 Å². The third kappa shape index (κ3) is 5.03. The number of hydrogen-bond donors (Lipinski definition) is 1. The lowest BCUT2D eigenvalue weighted by Gasteiger charge is -2.07. The summed E-state index contributed by atoms with van der Waals surface area (Å²) in [5, 5.41) is 2.36. The number of fused-ring (bicyclic) bond motifs is 1. The third-order valence-electron chi connectivity index (χ3n) is 3.16. The SMILES string of the molecule is O=C(COC(=O)CSc1nc2ccccc2s1)Nc1ccc(Br)cc1F. The third-order valence-corrected chi connectivity index (χ3v) is 5.80. The fraction of sp³-hybridized carbons (Fsp3) is 0.118. The number of nitrogens with zero attached hydrogens (tertiary/aromatic N) is 1. The standard InChI is InChI=1S/C17H12BrFN2O3S2/c18-10-5-6-12(11(19)7-10)20-15(22)8-24-16(23)9-25-17-21-13-3-1-2-4-14(13)26-17/h1-7H,8-9H2,(H,20,22). The van der Waals surface area contributed by atoms with E-state index in [9.17, 15) is 14.0 Å². The van der Waals surface area contributed by atoms with Crippen molar-refractivity contribution in [3.05, 3.63) is 52.8 Å². The number of amides is 1. The maximum absolute atomic E-state index is 13.6. The quantitative estimate of drug-likeness (QED) is 0.439. The van der Waals surface area contributed by atoms with Gasteiger partial charge >= 0.3 is 5.97 Å². The van der Waals surface area contributed by atoms with Crippen LogP contribution >= 0.6 is 39.0 Å². The number of ether oxygens (including phenoxy) is 1. The molecule has 0 radical (unpaired) electrons. The topological polar surface area (TPSA) is 68.3 Å². The number of carbonyl (C=O) groups excluding carboxylic acids is 2. The molecule has 0 bridgehead atoms. The predicted octanol–water partition coefficient (Wildman–Crippen LogP) is 4.47. The van der Waals surface area contributed by atoms with E-state index >= 15 is 0 Å². The Balaban J connectivity index is 1.45. The number of halogens is 2. The van der Waals surface area contributed by atoms with Gasteiger partial charge in [0, 0.05) is 4.47 Å². The summed E-state index contributed by atoms with van der Waals surface area (Å²) in [5.41, 5.74) is 0.905. The van der Waals surface area contributed by atoms with Gasteiger partial charge in [0.15, 0.2) is 10.9 Å². The van der Waals surface area contributed by atoms with Crippen molar-refractivity contribution in [1.29, 1.82) is 0 Å². The fourth-order valence-corrected chi connectivity index (χ4v) is 4.20. The minimum Gasteiger partial charge on any atom is -0.455 e. The van der Waals surface area contributed by atoms with Crippen molar-refractivity contribution in [3.8, 4) is 0 Å². The number of thiazole rings is 1. The molecule has 1 N–H and O–H groups in total. The number of esters is 1. The minimum absolute atomic E-state index is 0.0260. The van der Waals surface area contributed by atoms with Crippen molar-refractivity contribution >= 4 is 66.8 Å². The Kier molecular flexibility index (Phi) is 6.23. The number of hydrogen-bond acceptors (Lipinski definition) is 6. The van der Waals surface area contributed by atoms with Crippen LogP contribution in [0.2, 0.25) is 0 Å². The lowest BCUT2D eigenvalue weighted by Crippen LogP contribution is -2.22. The van der Waals surface area contributed by atoms with Crippen molar-refractivity contribution in [3.63, 3.8) is 0 Å². The zero-order chi connectivity index (χ0) is 18.5. The number of nitrogens with one attached hydrogen (secondary N) is 1. The largest absolute Gasteiger partial charge is 0.455 e. The van der Waals surface area contributed by atoms with Gasteiger partial charge in [-0.25, -0.2) is 9.37 Å². The number of rotatable bonds is 6. The summed E-state index contributed by atoms with van der Waals surface area (Å²) in [6.07, 6.45) is 0. The molecule has 0 saturated carbocycles. The zero-order valence-corrected chi connectivity index (χ0v) is 16.4. The maximum Gasteiger partial charge on any atom is 0.316 e. The average Bonchev–Trinajstić information content (AvgIpc) is 3.03. The molecule has 0 atom stereocenters. The lowest BCUT2D eigenvalue weighted by molar-refractivity contribution is -0.144. The number of thioether (sulfide) groups is 1. The predicted molar refractivity (Wildman–Crippen MR) is 104 cm³/mol. The fourth-order valence-electron chi connectivity index (χ4n) is 2.00. The van der Waals surface area contributed by atoms with Gasteiger partial charge in [0.1, 0.15) is 5.82 Å². The van der Waals surface area contributed by atoms with Gasteiger partial charge in [0.25, 0.3) is 5.91 Å². The number of aromatic nitrogens is 1. The first kappa shape index (κ1) is 18.8. The molecule has 134 valence electrons. The number of carbonyl (C=O) groups is 2. The molecule has 3 rings (SSSR count). The molecule has 1 heterocycles. The van der Waals surface area contributed by atoms with Crippen LogP contribution < -0.4 is 5.32 Å². The smallest absolute Gasteiger partial charge is 0.316 e. The lowest BCUT2D eigenvalue weighted by atomic mass is 10.3. The van der Waals surface area contributed by atoms with E-state index in [0.29, 0.717) is 4.47 Å². The summed E-state index contributed by atoms with van der Waals surface area (Å²) in [5.74, 6) is -1.68. The Morgan fingerprint density at radius 1 is 1.27 bits per heavy atom. The van der Waals surface area contributed by atoms with E-state index in [-0.39, 0.29) is 11.4 Å². The van der Waals surface area contributed by atoms with Crippen LogP contribution in [0.4, 0.5) is 10.1 Å². The van der Waals surface area contributed by atoms with Gasteiger partial charge in [0.05, 0.1) is 21.7 Å². The van der Waals surface area contributed by atoms with Crippen LogP contribution in [0.15, 0.2) is 51.3 Å². The van der Waals surface area contributed by atoms with Crippen LogP contribution in [0.5, 0.6) is 0 Å². The first-order valence-corrected chi connectivity index (χ1v) is 9.99. The van der Waals surface area contributed by atoms with Crippen molar-refractivity contribution in [2.24, 2.45) is 0 Å². The molecule has 5 nitrogen and oxygen atoms in total. The van der Waals surface area contributed by atoms with Crippen molar-refractivity contribution in [1.82, 2.24) is 4.98 Å². The van der Waals surface area contributed by atoms with Gasteiger partial charge in [-0.1, -0.05) is 39.8 Å². The van der Waals surface area contributed by atoms with E-state index in [4.69, 9.17) is 4.74 Å². The monoisotopic (exact) mass is 454 g/mol. The molecule has 3 aromatic rings. The molecule has 9 heteroatoms. The zero-order valence-electron chi connectivity index (χ0n) is 13.2. The Morgan fingerprint density at radius 2 is 2.08 bits per heavy atom. The van der Waals surface area contributed by atoms with E-state index in [1.807, 2.05) is 24.3 Å².